The maximum atomic E-state index is 11.9. The van der Waals surface area contributed by atoms with Gasteiger partial charge in [0.25, 0.3) is 0 Å². The molecule has 0 bridgehead atoms. The molecule has 0 saturated heterocycles. The largest absolute Gasteiger partial charge is 0.389 e. The molecular weight excluding hydrogens is 284 g/mol. The quantitative estimate of drug-likeness (QED) is 0.572. The van der Waals surface area contributed by atoms with E-state index in [0.717, 1.165) is 0 Å². The molecule has 0 aromatic heterocycles. The Bertz CT molecular complexity index is 489. The number of carbonyl (C=O) groups is 1. The van der Waals surface area contributed by atoms with Crippen molar-refractivity contribution in [3.63, 3.8) is 0 Å². The Labute approximate surface area is 132 Å². The number of ether oxygens (including phenoxy) is 1. The molecule has 1 amide bonds. The highest BCUT2D eigenvalue weighted by Gasteiger charge is 2.09. The lowest BCUT2D eigenvalue weighted by atomic mass is 10.1. The van der Waals surface area contributed by atoms with E-state index in [-0.39, 0.29) is 17.0 Å². The van der Waals surface area contributed by atoms with E-state index >= 15 is 0 Å². The van der Waals surface area contributed by atoms with E-state index in [1.54, 1.807) is 12.1 Å². The number of rotatable bonds is 8. The number of hydrogen-bond donors (Lipinski definition) is 2. The predicted octanol–water partition coefficient (Wildman–Crippen LogP) is 3.10. The number of benzene rings is 1. The minimum Gasteiger partial charge on any atom is -0.389 e. The van der Waals surface area contributed by atoms with Crippen molar-refractivity contribution >= 4 is 28.8 Å². The summed E-state index contributed by atoms with van der Waals surface area (Å²) >= 11 is 4.97. The topological polar surface area (TPSA) is 64.3 Å². The zero-order valence-corrected chi connectivity index (χ0v) is 13.7. The predicted molar refractivity (Wildman–Crippen MR) is 90.4 cm³/mol. The van der Waals surface area contributed by atoms with Gasteiger partial charge in [-0.1, -0.05) is 38.2 Å². The number of carbonyl (C=O) groups excluding carboxylic acids is 1. The Hall–Kier alpha value is -1.46. The first kappa shape index (κ1) is 17.6. The zero-order chi connectivity index (χ0) is 15.8. The van der Waals surface area contributed by atoms with Gasteiger partial charge in [0.1, 0.15) is 4.99 Å². The first-order valence-electron chi connectivity index (χ1n) is 7.22. The van der Waals surface area contributed by atoms with Crippen LogP contribution in [-0.2, 0) is 9.53 Å². The Morgan fingerprint density at radius 3 is 2.62 bits per heavy atom. The Morgan fingerprint density at radius 2 is 2.00 bits per heavy atom. The third-order valence-electron chi connectivity index (χ3n) is 3.33. The SMILES string of the molecule is CC(C)C(C)OCCCC(=O)Nc1ccccc1C(N)=S. The average Bonchev–Trinajstić information content (AvgIpc) is 2.43. The van der Waals surface area contributed by atoms with Gasteiger partial charge in [-0.15, -0.1) is 0 Å². The van der Waals surface area contributed by atoms with Gasteiger partial charge in [0.05, 0.1) is 11.8 Å². The van der Waals surface area contributed by atoms with Gasteiger partial charge >= 0.3 is 0 Å². The first-order chi connectivity index (χ1) is 9.91. The summed E-state index contributed by atoms with van der Waals surface area (Å²) in [6, 6.07) is 7.27. The summed E-state index contributed by atoms with van der Waals surface area (Å²) in [4.78, 5) is 12.2. The summed E-state index contributed by atoms with van der Waals surface area (Å²) in [5.41, 5.74) is 6.98. The van der Waals surface area contributed by atoms with Crippen LogP contribution >= 0.6 is 12.2 Å². The number of anilines is 1. The van der Waals surface area contributed by atoms with Crippen molar-refractivity contribution in [2.75, 3.05) is 11.9 Å². The van der Waals surface area contributed by atoms with E-state index in [2.05, 4.69) is 19.2 Å². The monoisotopic (exact) mass is 308 g/mol. The van der Waals surface area contributed by atoms with Crippen molar-refractivity contribution in [3.8, 4) is 0 Å². The van der Waals surface area contributed by atoms with E-state index in [4.69, 9.17) is 22.7 Å². The molecule has 0 fully saturated rings. The summed E-state index contributed by atoms with van der Waals surface area (Å²) in [6.45, 7) is 6.86. The second-order valence-corrected chi connectivity index (χ2v) is 5.82. The highest BCUT2D eigenvalue weighted by molar-refractivity contribution is 7.80. The summed E-state index contributed by atoms with van der Waals surface area (Å²) < 4.78 is 5.65. The third-order valence-corrected chi connectivity index (χ3v) is 3.55. The van der Waals surface area contributed by atoms with Crippen LogP contribution in [0.4, 0.5) is 5.69 Å². The number of hydrogen-bond acceptors (Lipinski definition) is 3. The second-order valence-electron chi connectivity index (χ2n) is 5.38. The van der Waals surface area contributed by atoms with Crippen LogP contribution in [0.5, 0.6) is 0 Å². The molecular formula is C16H24N2O2S. The molecule has 0 spiro atoms. The zero-order valence-electron chi connectivity index (χ0n) is 12.9. The number of thiocarbonyl (C=S) groups is 1. The molecule has 1 rings (SSSR count). The lowest BCUT2D eigenvalue weighted by Crippen LogP contribution is -2.19. The average molecular weight is 308 g/mol. The van der Waals surface area contributed by atoms with Gasteiger partial charge in [-0.3, -0.25) is 4.79 Å². The molecule has 4 nitrogen and oxygen atoms in total. The summed E-state index contributed by atoms with van der Waals surface area (Å²) in [6.07, 6.45) is 1.32. The van der Waals surface area contributed by atoms with Crippen molar-refractivity contribution in [2.24, 2.45) is 11.7 Å². The minimum atomic E-state index is -0.0560. The van der Waals surface area contributed by atoms with Crippen molar-refractivity contribution in [1.82, 2.24) is 0 Å². The van der Waals surface area contributed by atoms with Crippen molar-refractivity contribution < 1.29 is 9.53 Å². The van der Waals surface area contributed by atoms with Crippen molar-refractivity contribution in [1.29, 1.82) is 0 Å². The maximum absolute atomic E-state index is 11.9. The highest BCUT2D eigenvalue weighted by Crippen LogP contribution is 2.15. The van der Waals surface area contributed by atoms with Crippen molar-refractivity contribution in [3.05, 3.63) is 29.8 Å². The van der Waals surface area contributed by atoms with Crippen molar-refractivity contribution in [2.45, 2.75) is 39.7 Å². The van der Waals surface area contributed by atoms with Crippen LogP contribution in [0.25, 0.3) is 0 Å². The lowest BCUT2D eigenvalue weighted by molar-refractivity contribution is -0.116. The number of para-hydroxylation sites is 1. The van der Waals surface area contributed by atoms with Crippen LogP contribution in [-0.4, -0.2) is 23.6 Å². The maximum Gasteiger partial charge on any atom is 0.224 e. The molecule has 21 heavy (non-hydrogen) atoms. The van der Waals surface area contributed by atoms with Gasteiger partial charge in [0, 0.05) is 18.6 Å². The molecule has 0 aliphatic heterocycles. The normalized spacial score (nSPS) is 12.2. The van der Waals surface area contributed by atoms with E-state index in [0.29, 0.717) is 36.6 Å². The summed E-state index contributed by atoms with van der Waals surface area (Å²) in [5.74, 6) is 0.427. The van der Waals surface area contributed by atoms with Gasteiger partial charge in [-0.25, -0.2) is 0 Å². The number of nitrogens with one attached hydrogen (secondary N) is 1. The molecule has 5 heteroatoms. The second kappa shape index (κ2) is 8.74. The van der Waals surface area contributed by atoms with Crippen LogP contribution in [0, 0.1) is 5.92 Å². The molecule has 0 saturated carbocycles. The van der Waals surface area contributed by atoms with E-state index in [9.17, 15) is 4.79 Å². The number of amides is 1. The van der Waals surface area contributed by atoms with E-state index < -0.39 is 0 Å². The highest BCUT2D eigenvalue weighted by atomic mass is 32.1. The molecule has 3 N–H and O–H groups in total. The lowest BCUT2D eigenvalue weighted by Gasteiger charge is -2.16. The fourth-order valence-electron chi connectivity index (χ4n) is 1.71. The van der Waals surface area contributed by atoms with Gasteiger partial charge in [-0.05, 0) is 31.4 Å². The molecule has 0 aliphatic rings. The van der Waals surface area contributed by atoms with Crippen LogP contribution in [0.3, 0.4) is 0 Å². The summed E-state index contributed by atoms with van der Waals surface area (Å²) in [7, 11) is 0. The van der Waals surface area contributed by atoms with Crippen LogP contribution < -0.4 is 11.1 Å². The molecule has 0 heterocycles. The van der Waals surface area contributed by atoms with Gasteiger partial charge in [0.2, 0.25) is 5.91 Å². The summed E-state index contributed by atoms with van der Waals surface area (Å²) in [5, 5.41) is 2.84. The van der Waals surface area contributed by atoms with Crippen LogP contribution in [0.2, 0.25) is 0 Å². The molecule has 1 aromatic carbocycles. The Kier molecular flexibility index (Phi) is 7.32. The van der Waals surface area contributed by atoms with Gasteiger partial charge < -0.3 is 15.8 Å². The van der Waals surface area contributed by atoms with Crippen LogP contribution in [0.15, 0.2) is 24.3 Å². The molecule has 1 aromatic rings. The molecule has 0 radical (unpaired) electrons. The Balaban J connectivity index is 2.39. The number of nitrogens with two attached hydrogens (primary N) is 1. The smallest absolute Gasteiger partial charge is 0.224 e. The minimum absolute atomic E-state index is 0.0560. The molecule has 0 aliphatic carbocycles. The van der Waals surface area contributed by atoms with E-state index in [1.807, 2.05) is 19.1 Å². The molecule has 1 atom stereocenters. The third kappa shape index (κ3) is 6.23. The Morgan fingerprint density at radius 1 is 1.33 bits per heavy atom. The van der Waals surface area contributed by atoms with Gasteiger partial charge in [0.15, 0.2) is 0 Å². The fraction of sp³-hybridized carbons (Fsp3) is 0.500. The van der Waals surface area contributed by atoms with E-state index in [1.165, 1.54) is 0 Å². The van der Waals surface area contributed by atoms with Gasteiger partial charge in [-0.2, -0.15) is 0 Å². The fourth-order valence-corrected chi connectivity index (χ4v) is 1.89. The molecule has 116 valence electrons. The molecule has 1 unspecified atom stereocenters. The van der Waals surface area contributed by atoms with Crippen LogP contribution in [0.1, 0.15) is 39.2 Å². The first-order valence-corrected chi connectivity index (χ1v) is 7.63. The standard InChI is InChI=1S/C16H24N2O2S/c1-11(2)12(3)20-10-6-9-15(19)18-14-8-5-4-7-13(14)16(17)21/h4-5,7-8,11-12H,6,9-10H2,1-3H3,(H2,17,21)(H,18,19).